The van der Waals surface area contributed by atoms with Crippen molar-refractivity contribution in [1.29, 1.82) is 0 Å². The van der Waals surface area contributed by atoms with E-state index < -0.39 is 17.1 Å². The Morgan fingerprint density at radius 2 is 1.39 bits per heavy atom. The van der Waals surface area contributed by atoms with Gasteiger partial charge in [0.1, 0.15) is 11.9 Å². The molecule has 0 radical (unpaired) electrons. The van der Waals surface area contributed by atoms with E-state index in [1.165, 1.54) is 0 Å². The number of hydrogen-bond donors (Lipinski definition) is 0. The summed E-state index contributed by atoms with van der Waals surface area (Å²) in [6, 6.07) is 0. The van der Waals surface area contributed by atoms with Crippen molar-refractivity contribution in [2.45, 2.75) is 138 Å². The van der Waals surface area contributed by atoms with Crippen LogP contribution in [0.2, 0.25) is 0 Å². The second kappa shape index (κ2) is 11.7. The maximum Gasteiger partial charge on any atom is 0.169 e. The molecule has 0 rings (SSSR count). The molecular formula is C27H50O4. The number of ether oxygens (including phenoxy) is 2. The summed E-state index contributed by atoms with van der Waals surface area (Å²) in [7, 11) is 0. The first-order valence-electron chi connectivity index (χ1n) is 11.9. The molecule has 0 aliphatic carbocycles. The van der Waals surface area contributed by atoms with Crippen LogP contribution >= 0.6 is 0 Å². The fraction of sp³-hybridized carbons (Fsp3) is 0.852. The monoisotopic (exact) mass is 438 g/mol. The first-order valence-corrected chi connectivity index (χ1v) is 11.9. The van der Waals surface area contributed by atoms with Gasteiger partial charge in [0.05, 0.1) is 22.7 Å². The van der Waals surface area contributed by atoms with Gasteiger partial charge in [0.25, 0.3) is 0 Å². The van der Waals surface area contributed by atoms with E-state index in [0.717, 1.165) is 32.1 Å². The maximum absolute atomic E-state index is 13.3. The van der Waals surface area contributed by atoms with E-state index in [1.54, 1.807) is 0 Å². The number of carbonyl (C=O) groups is 2. The van der Waals surface area contributed by atoms with Gasteiger partial charge in [-0.3, -0.25) is 9.59 Å². The second-order valence-corrected chi connectivity index (χ2v) is 11.9. The van der Waals surface area contributed by atoms with Crippen LogP contribution in [0.5, 0.6) is 0 Å². The number of unbranched alkanes of at least 4 members (excludes halogenated alkanes) is 1. The summed E-state index contributed by atoms with van der Waals surface area (Å²) in [4.78, 5) is 25.6. The highest BCUT2D eigenvalue weighted by Gasteiger charge is 2.47. The first kappa shape index (κ1) is 30.0. The number of Topliss-reactive ketones (excluding diaryl/α,β-unsaturated/α-hetero) is 2. The molecule has 4 nitrogen and oxygen atoms in total. The highest BCUT2D eigenvalue weighted by atomic mass is 16.5. The van der Waals surface area contributed by atoms with Crippen LogP contribution in [0.3, 0.4) is 0 Å². The van der Waals surface area contributed by atoms with E-state index in [0.29, 0.717) is 6.42 Å². The Kier molecular flexibility index (Phi) is 11.4. The molecule has 0 heterocycles. The summed E-state index contributed by atoms with van der Waals surface area (Å²) >= 11 is 0. The molecule has 0 aliphatic rings. The second-order valence-electron chi connectivity index (χ2n) is 11.9. The lowest BCUT2D eigenvalue weighted by atomic mass is 9.72. The van der Waals surface area contributed by atoms with Crippen LogP contribution in [-0.2, 0) is 19.1 Å². The van der Waals surface area contributed by atoms with Crippen LogP contribution in [0.25, 0.3) is 0 Å². The summed E-state index contributed by atoms with van der Waals surface area (Å²) in [5.41, 5.74) is -2.10. The zero-order chi connectivity index (χ0) is 24.7. The van der Waals surface area contributed by atoms with E-state index >= 15 is 0 Å². The van der Waals surface area contributed by atoms with Gasteiger partial charge in [-0.2, -0.15) is 0 Å². The van der Waals surface area contributed by atoms with E-state index in [1.807, 2.05) is 82.2 Å². The summed E-state index contributed by atoms with van der Waals surface area (Å²) in [6.07, 6.45) is 6.36. The summed E-state index contributed by atoms with van der Waals surface area (Å²) in [5, 5.41) is 0. The molecule has 0 aromatic heterocycles. The highest BCUT2D eigenvalue weighted by molar-refractivity contribution is 5.89. The Labute approximate surface area is 192 Å². The molecule has 182 valence electrons. The predicted molar refractivity (Wildman–Crippen MR) is 130 cm³/mol. The number of carbonyl (C=O) groups excluding carboxylic acids is 2. The molecule has 0 aromatic rings. The van der Waals surface area contributed by atoms with E-state index in [4.69, 9.17) is 9.47 Å². The van der Waals surface area contributed by atoms with E-state index in [9.17, 15) is 9.59 Å². The molecule has 2 atom stereocenters. The van der Waals surface area contributed by atoms with Crippen molar-refractivity contribution in [3.8, 4) is 0 Å². The molecule has 0 saturated heterocycles. The molecule has 0 fully saturated rings. The van der Waals surface area contributed by atoms with Crippen LogP contribution in [0.1, 0.15) is 115 Å². The molecule has 0 aromatic carbocycles. The highest BCUT2D eigenvalue weighted by Crippen LogP contribution is 2.39. The van der Waals surface area contributed by atoms with E-state index in [-0.39, 0.29) is 28.7 Å². The minimum atomic E-state index is -0.727. The van der Waals surface area contributed by atoms with Crippen LogP contribution < -0.4 is 0 Å². The molecule has 2 unspecified atom stereocenters. The van der Waals surface area contributed by atoms with Crippen LogP contribution in [-0.4, -0.2) is 35.0 Å². The molecule has 0 saturated carbocycles. The third kappa shape index (κ3) is 10.4. The Morgan fingerprint density at radius 3 is 1.84 bits per heavy atom. The van der Waals surface area contributed by atoms with Gasteiger partial charge in [-0.1, -0.05) is 40.7 Å². The number of hydrogen-bond acceptors (Lipinski definition) is 4. The SMILES string of the molecule is C=CCCCC(CCCC(=O)C(C)(C)C)OC(C)(C)C(C)(C)C(=O)C(C)OC(C)(C)C. The Morgan fingerprint density at radius 1 is 0.871 bits per heavy atom. The Bertz CT molecular complexity index is 587. The third-order valence-electron chi connectivity index (χ3n) is 6.18. The van der Waals surface area contributed by atoms with Crippen molar-refractivity contribution in [2.75, 3.05) is 0 Å². The predicted octanol–water partition coefficient (Wildman–Crippen LogP) is 7.09. The topological polar surface area (TPSA) is 52.6 Å². The van der Waals surface area contributed by atoms with Gasteiger partial charge >= 0.3 is 0 Å². The van der Waals surface area contributed by atoms with Crippen LogP contribution in [0.15, 0.2) is 12.7 Å². The normalized spacial score (nSPS) is 15.5. The Hall–Kier alpha value is -1.00. The molecular weight excluding hydrogens is 388 g/mol. The van der Waals surface area contributed by atoms with Gasteiger partial charge in [0.15, 0.2) is 5.78 Å². The fourth-order valence-electron chi connectivity index (χ4n) is 3.57. The number of ketones is 2. The minimum Gasteiger partial charge on any atom is -0.371 e. The largest absolute Gasteiger partial charge is 0.371 e. The number of rotatable bonds is 14. The van der Waals surface area contributed by atoms with Crippen molar-refractivity contribution >= 4 is 11.6 Å². The molecule has 0 N–H and O–H groups in total. The zero-order valence-corrected chi connectivity index (χ0v) is 22.3. The first-order chi connectivity index (χ1) is 13.8. The van der Waals surface area contributed by atoms with Crippen molar-refractivity contribution in [1.82, 2.24) is 0 Å². The maximum atomic E-state index is 13.3. The summed E-state index contributed by atoms with van der Waals surface area (Å²) < 4.78 is 12.5. The quantitative estimate of drug-likeness (QED) is 0.214. The van der Waals surface area contributed by atoms with Crippen molar-refractivity contribution < 1.29 is 19.1 Å². The average molecular weight is 439 g/mol. The van der Waals surface area contributed by atoms with Crippen LogP contribution in [0.4, 0.5) is 0 Å². The lowest BCUT2D eigenvalue weighted by Crippen LogP contribution is -2.52. The lowest BCUT2D eigenvalue weighted by molar-refractivity contribution is -0.176. The minimum absolute atomic E-state index is 0.00589. The average Bonchev–Trinajstić information content (AvgIpc) is 2.58. The van der Waals surface area contributed by atoms with Crippen molar-refractivity contribution in [3.63, 3.8) is 0 Å². The van der Waals surface area contributed by atoms with Gasteiger partial charge in [0, 0.05) is 11.8 Å². The molecule has 0 bridgehead atoms. The van der Waals surface area contributed by atoms with Gasteiger partial charge in [0.2, 0.25) is 0 Å². The number of allylic oxidation sites excluding steroid dienone is 1. The fourth-order valence-corrected chi connectivity index (χ4v) is 3.57. The summed E-state index contributed by atoms with van der Waals surface area (Å²) in [5.74, 6) is 0.320. The van der Waals surface area contributed by atoms with Gasteiger partial charge < -0.3 is 9.47 Å². The molecule has 0 amide bonds. The third-order valence-corrected chi connectivity index (χ3v) is 6.18. The standard InChI is InChI=1S/C27H50O4/c1-13-14-15-17-21(18-16-19-22(28)24(3,4)5)31-27(11,12)26(9,10)23(29)20(2)30-25(6,7)8/h13,20-21H,1,14-19H2,2-12H3. The van der Waals surface area contributed by atoms with Gasteiger partial charge in [-0.05, 0) is 73.6 Å². The summed E-state index contributed by atoms with van der Waals surface area (Å²) in [6.45, 7) is 25.3. The zero-order valence-electron chi connectivity index (χ0n) is 22.3. The molecule has 0 aliphatic heterocycles. The molecule has 0 spiro atoms. The smallest absolute Gasteiger partial charge is 0.169 e. The van der Waals surface area contributed by atoms with Crippen LogP contribution in [0, 0.1) is 10.8 Å². The van der Waals surface area contributed by atoms with Gasteiger partial charge in [-0.15, -0.1) is 6.58 Å². The van der Waals surface area contributed by atoms with Crippen molar-refractivity contribution in [2.24, 2.45) is 10.8 Å². The Balaban J connectivity index is 5.31. The van der Waals surface area contributed by atoms with E-state index in [2.05, 4.69) is 6.58 Å². The molecule has 4 heteroatoms. The van der Waals surface area contributed by atoms with Gasteiger partial charge in [-0.25, -0.2) is 0 Å². The lowest BCUT2D eigenvalue weighted by Gasteiger charge is -2.44. The molecule has 31 heavy (non-hydrogen) atoms. The van der Waals surface area contributed by atoms with Crippen molar-refractivity contribution in [3.05, 3.63) is 12.7 Å².